The lowest BCUT2D eigenvalue weighted by Crippen LogP contribution is -2.30. The van der Waals surface area contributed by atoms with E-state index in [-0.39, 0.29) is 25.7 Å². The lowest BCUT2D eigenvalue weighted by atomic mass is 10.0. The number of ether oxygens (including phenoxy) is 4. The van der Waals surface area contributed by atoms with Crippen LogP contribution in [0, 0.1) is 11.8 Å². The van der Waals surface area contributed by atoms with Crippen molar-refractivity contribution in [2.24, 2.45) is 11.8 Å². The lowest BCUT2D eigenvalue weighted by molar-refractivity contribution is -0.161. The average molecular weight is 1450 g/mol. The first-order chi connectivity index (χ1) is 47.9. The van der Waals surface area contributed by atoms with Crippen molar-refractivity contribution in [2.45, 2.75) is 439 Å². The molecule has 0 aromatic rings. The third-order valence-electron chi connectivity index (χ3n) is 18.7. The Hall–Kier alpha value is -1.94. The molecule has 0 heterocycles. The Labute approximate surface area is 607 Å². The number of phosphoric ester groups is 2. The van der Waals surface area contributed by atoms with Crippen molar-refractivity contribution in [1.82, 2.24) is 0 Å². The Morgan fingerprint density at radius 1 is 0.273 bits per heavy atom. The molecule has 0 radical (unpaired) electrons. The maximum atomic E-state index is 13.1. The fourth-order valence-electron chi connectivity index (χ4n) is 12.4. The molecule has 0 fully saturated rings. The number of aliphatic hydroxyl groups is 1. The van der Waals surface area contributed by atoms with E-state index in [0.717, 1.165) is 115 Å². The summed E-state index contributed by atoms with van der Waals surface area (Å²) in [7, 11) is -9.91. The number of carbonyl (C=O) groups is 4. The van der Waals surface area contributed by atoms with Crippen LogP contribution in [0.3, 0.4) is 0 Å². The van der Waals surface area contributed by atoms with Gasteiger partial charge in [-0.25, -0.2) is 9.13 Å². The van der Waals surface area contributed by atoms with Crippen LogP contribution in [-0.2, 0) is 65.4 Å². The van der Waals surface area contributed by atoms with Crippen LogP contribution in [0.1, 0.15) is 420 Å². The quantitative estimate of drug-likeness (QED) is 0.0222. The molecule has 99 heavy (non-hydrogen) atoms. The summed E-state index contributed by atoms with van der Waals surface area (Å²) in [4.78, 5) is 72.8. The van der Waals surface area contributed by atoms with Gasteiger partial charge in [-0.2, -0.15) is 0 Å². The van der Waals surface area contributed by atoms with Gasteiger partial charge < -0.3 is 33.8 Å². The molecule has 0 spiro atoms. The summed E-state index contributed by atoms with van der Waals surface area (Å²) in [5.74, 6) is -0.557. The molecular weight excluding hydrogens is 1290 g/mol. The van der Waals surface area contributed by atoms with Gasteiger partial charge in [0.1, 0.15) is 19.3 Å². The maximum Gasteiger partial charge on any atom is 0.472 e. The lowest BCUT2D eigenvalue weighted by Gasteiger charge is -2.21. The van der Waals surface area contributed by atoms with Crippen LogP contribution < -0.4 is 0 Å². The van der Waals surface area contributed by atoms with Crippen LogP contribution in [0.25, 0.3) is 0 Å². The monoisotopic (exact) mass is 1450 g/mol. The second-order valence-electron chi connectivity index (χ2n) is 29.8. The maximum absolute atomic E-state index is 13.1. The number of hydrogen-bond acceptors (Lipinski definition) is 15. The van der Waals surface area contributed by atoms with Gasteiger partial charge in [-0.1, -0.05) is 369 Å². The third kappa shape index (κ3) is 74.1. The summed E-state index contributed by atoms with van der Waals surface area (Å²) >= 11 is 0. The van der Waals surface area contributed by atoms with E-state index in [0.29, 0.717) is 25.7 Å². The molecule has 0 rings (SSSR count). The van der Waals surface area contributed by atoms with Crippen molar-refractivity contribution in [3.05, 3.63) is 0 Å². The van der Waals surface area contributed by atoms with E-state index in [2.05, 4.69) is 41.5 Å². The van der Waals surface area contributed by atoms with E-state index in [4.69, 9.17) is 37.0 Å². The van der Waals surface area contributed by atoms with E-state index in [1.807, 2.05) is 0 Å². The highest BCUT2D eigenvalue weighted by Crippen LogP contribution is 2.45. The molecule has 19 heteroatoms. The highest BCUT2D eigenvalue weighted by atomic mass is 31.2. The van der Waals surface area contributed by atoms with Gasteiger partial charge in [0.25, 0.3) is 0 Å². The summed E-state index contributed by atoms with van der Waals surface area (Å²) in [6.45, 7) is 9.60. The largest absolute Gasteiger partial charge is 0.472 e. The van der Waals surface area contributed by atoms with Crippen LogP contribution in [0.4, 0.5) is 0 Å². The fraction of sp³-hybridized carbons (Fsp3) is 0.950. The second-order valence-corrected chi connectivity index (χ2v) is 32.7. The zero-order valence-corrected chi connectivity index (χ0v) is 66.6. The van der Waals surface area contributed by atoms with E-state index >= 15 is 0 Å². The van der Waals surface area contributed by atoms with Crippen molar-refractivity contribution < 1.29 is 80.2 Å². The zero-order valence-electron chi connectivity index (χ0n) is 64.8. The summed E-state index contributed by atoms with van der Waals surface area (Å²) in [5.41, 5.74) is 0. The van der Waals surface area contributed by atoms with Crippen LogP contribution >= 0.6 is 15.6 Å². The fourth-order valence-corrected chi connectivity index (χ4v) is 13.9. The number of carbonyl (C=O) groups excluding carboxylic acids is 4. The van der Waals surface area contributed by atoms with E-state index < -0.39 is 97.5 Å². The van der Waals surface area contributed by atoms with E-state index in [1.165, 1.54) is 225 Å². The highest BCUT2D eigenvalue weighted by molar-refractivity contribution is 7.47. The number of esters is 4. The second kappa shape index (κ2) is 71.7. The molecule has 0 aromatic carbocycles. The normalized spacial score (nSPS) is 13.9. The topological polar surface area (TPSA) is 237 Å². The van der Waals surface area contributed by atoms with E-state index in [9.17, 15) is 43.2 Å². The minimum absolute atomic E-state index is 0.106. The summed E-state index contributed by atoms with van der Waals surface area (Å²) in [5, 5.41) is 10.6. The Balaban J connectivity index is 5.17. The molecule has 0 aliphatic carbocycles. The molecule has 17 nitrogen and oxygen atoms in total. The zero-order chi connectivity index (χ0) is 72.8. The summed E-state index contributed by atoms with van der Waals surface area (Å²) < 4.78 is 68.5. The first-order valence-electron chi connectivity index (χ1n) is 41.5. The molecule has 0 saturated carbocycles. The minimum Gasteiger partial charge on any atom is -0.462 e. The van der Waals surface area contributed by atoms with Crippen molar-refractivity contribution in [3.8, 4) is 0 Å². The van der Waals surface area contributed by atoms with Crippen LogP contribution in [0.15, 0.2) is 0 Å². The van der Waals surface area contributed by atoms with Crippen LogP contribution in [-0.4, -0.2) is 96.7 Å². The molecule has 5 atom stereocenters. The minimum atomic E-state index is -4.96. The van der Waals surface area contributed by atoms with E-state index in [1.54, 1.807) is 0 Å². The Bertz CT molecular complexity index is 1910. The molecule has 0 aliphatic heterocycles. The SMILES string of the molecule is CCCCCCCCCCCCCCCCCCCCCCCC(=O)O[C@H](COC(=O)CCCCCCCCCCCCCCCCCC(C)C)COP(=O)(O)OC[C@@H](O)COP(=O)(O)OC[C@@H](COC(=O)CCCCCCCCC)OC(=O)CCCCCCCCCCCCC(C)C. The molecule has 0 saturated heterocycles. The number of phosphoric acid groups is 2. The van der Waals surface area contributed by atoms with Gasteiger partial charge in [-0.15, -0.1) is 0 Å². The Kier molecular flexibility index (Phi) is 70.3. The number of aliphatic hydroxyl groups excluding tert-OH is 1. The molecule has 588 valence electrons. The predicted octanol–water partition coefficient (Wildman–Crippen LogP) is 23.9. The van der Waals surface area contributed by atoms with Crippen molar-refractivity contribution >= 4 is 39.5 Å². The molecule has 0 bridgehead atoms. The van der Waals surface area contributed by atoms with Gasteiger partial charge in [0.15, 0.2) is 12.2 Å². The number of rotatable bonds is 79. The molecular formula is C80H156O17P2. The van der Waals surface area contributed by atoms with Gasteiger partial charge in [-0.05, 0) is 37.5 Å². The van der Waals surface area contributed by atoms with Crippen molar-refractivity contribution in [3.63, 3.8) is 0 Å². The van der Waals surface area contributed by atoms with Gasteiger partial charge in [0.2, 0.25) is 0 Å². The first kappa shape index (κ1) is 97.1. The molecule has 2 unspecified atom stereocenters. The standard InChI is InChI=1S/C80H156O17P2/c1-7-9-11-13-15-16-17-18-19-20-21-22-23-24-27-31-34-40-46-52-58-64-79(84)97-76(69-91-78(83)63-57-51-45-39-33-30-28-25-26-29-32-37-43-48-54-60-72(3)4)71-95-99(88,89)93-67-74(81)66-92-98(86,87)94-70-75(68-90-77(82)62-56-50-42-14-12-10-8-2)96-80(85)65-59-53-47-41-36-35-38-44-49-55-61-73(5)6/h72-76,81H,7-71H2,1-6H3,(H,86,87)(H,88,89)/t74-,75+,76+/m0/s1. The molecule has 0 aliphatic rings. The van der Waals surface area contributed by atoms with Gasteiger partial charge in [-0.3, -0.25) is 37.3 Å². The van der Waals surface area contributed by atoms with Gasteiger partial charge in [0, 0.05) is 25.7 Å². The summed E-state index contributed by atoms with van der Waals surface area (Å²) in [6.07, 6.45) is 61.3. The molecule has 0 aromatic heterocycles. The Morgan fingerprint density at radius 3 is 0.687 bits per heavy atom. The number of unbranched alkanes of at least 4 members (excludes halogenated alkanes) is 49. The summed E-state index contributed by atoms with van der Waals surface area (Å²) in [6, 6.07) is 0. The third-order valence-corrected chi connectivity index (χ3v) is 20.6. The number of hydrogen-bond donors (Lipinski definition) is 3. The smallest absolute Gasteiger partial charge is 0.462 e. The van der Waals surface area contributed by atoms with Crippen LogP contribution in [0.2, 0.25) is 0 Å². The van der Waals surface area contributed by atoms with Crippen molar-refractivity contribution in [2.75, 3.05) is 39.6 Å². The van der Waals surface area contributed by atoms with Gasteiger partial charge >= 0.3 is 39.5 Å². The average Bonchev–Trinajstić information content (AvgIpc) is 1.61. The van der Waals surface area contributed by atoms with Gasteiger partial charge in [0.05, 0.1) is 26.4 Å². The highest BCUT2D eigenvalue weighted by Gasteiger charge is 2.30. The molecule has 3 N–H and O–H groups in total. The predicted molar refractivity (Wildman–Crippen MR) is 405 cm³/mol. The molecule has 0 amide bonds. The first-order valence-corrected chi connectivity index (χ1v) is 44.5. The van der Waals surface area contributed by atoms with Crippen LogP contribution in [0.5, 0.6) is 0 Å². The van der Waals surface area contributed by atoms with Crippen molar-refractivity contribution in [1.29, 1.82) is 0 Å². The Morgan fingerprint density at radius 2 is 0.465 bits per heavy atom.